The average molecular weight is 321 g/mol. The van der Waals surface area contributed by atoms with Crippen LogP contribution >= 0.6 is 0 Å². The molecule has 126 valence electrons. The van der Waals surface area contributed by atoms with Crippen molar-refractivity contribution in [2.45, 2.75) is 33.1 Å². The van der Waals surface area contributed by atoms with Gasteiger partial charge in [-0.15, -0.1) is 0 Å². The molecule has 2 rings (SSSR count). The molecule has 1 aromatic rings. The molecular weight excluding hydrogens is 298 g/mol. The number of furan rings is 1. The summed E-state index contributed by atoms with van der Waals surface area (Å²) in [5, 5.41) is 2.73. The zero-order valence-electron chi connectivity index (χ0n) is 13.6. The summed E-state index contributed by atoms with van der Waals surface area (Å²) >= 11 is 0. The molecule has 7 nitrogen and oxygen atoms in total. The van der Waals surface area contributed by atoms with E-state index in [9.17, 15) is 14.4 Å². The number of carbonyl (C=O) groups excluding carboxylic acids is 3. The van der Waals surface area contributed by atoms with E-state index in [0.29, 0.717) is 43.0 Å². The first-order chi connectivity index (χ1) is 10.9. The van der Waals surface area contributed by atoms with Gasteiger partial charge in [-0.05, 0) is 32.8 Å². The lowest BCUT2D eigenvalue weighted by molar-refractivity contribution is -0.134. The highest BCUT2D eigenvalue weighted by atomic mass is 16.3. The average Bonchev–Trinajstić information content (AvgIpc) is 2.85. The van der Waals surface area contributed by atoms with Crippen LogP contribution in [0.25, 0.3) is 0 Å². The van der Waals surface area contributed by atoms with Crippen LogP contribution < -0.4 is 11.1 Å². The molecule has 0 aliphatic carbocycles. The third-order valence-electron chi connectivity index (χ3n) is 4.16. The van der Waals surface area contributed by atoms with Gasteiger partial charge in [0.05, 0.1) is 5.56 Å². The largest absolute Gasteiger partial charge is 0.466 e. The van der Waals surface area contributed by atoms with Crippen LogP contribution in [0.2, 0.25) is 0 Å². The molecule has 0 bridgehead atoms. The SMILES string of the molecule is Cc1cc(C(=O)NCCC(=O)N2CCC(C(N)=O)CC2)c(C)o1. The summed E-state index contributed by atoms with van der Waals surface area (Å²) < 4.78 is 5.31. The Morgan fingerprint density at radius 2 is 1.96 bits per heavy atom. The molecule has 1 aliphatic heterocycles. The molecule has 0 unspecified atom stereocenters. The molecule has 2 heterocycles. The molecule has 0 aromatic carbocycles. The standard InChI is InChI=1S/C16H23N3O4/c1-10-9-13(11(2)23-10)16(22)18-6-3-14(20)19-7-4-12(5-8-19)15(17)21/h9,12H,3-8H2,1-2H3,(H2,17,21)(H,18,22). The Morgan fingerprint density at radius 3 is 2.48 bits per heavy atom. The minimum absolute atomic E-state index is 0.0201. The number of hydrogen-bond donors (Lipinski definition) is 2. The monoisotopic (exact) mass is 321 g/mol. The Bertz CT molecular complexity index is 600. The van der Waals surface area contributed by atoms with Crippen molar-refractivity contribution >= 4 is 17.7 Å². The summed E-state index contributed by atoms with van der Waals surface area (Å²) in [6, 6.07) is 1.68. The van der Waals surface area contributed by atoms with Crippen molar-refractivity contribution in [1.29, 1.82) is 0 Å². The molecule has 23 heavy (non-hydrogen) atoms. The number of aryl methyl sites for hydroxylation is 2. The Hall–Kier alpha value is -2.31. The third kappa shape index (κ3) is 4.34. The van der Waals surface area contributed by atoms with Gasteiger partial charge in [-0.3, -0.25) is 14.4 Å². The van der Waals surface area contributed by atoms with Crippen molar-refractivity contribution in [3.63, 3.8) is 0 Å². The molecule has 1 aliphatic rings. The summed E-state index contributed by atoms with van der Waals surface area (Å²) in [4.78, 5) is 36.9. The first-order valence-corrected chi connectivity index (χ1v) is 7.80. The summed E-state index contributed by atoms with van der Waals surface area (Å²) in [6.45, 7) is 4.87. The summed E-state index contributed by atoms with van der Waals surface area (Å²) in [6.07, 6.45) is 1.46. The molecule has 0 radical (unpaired) electrons. The lowest BCUT2D eigenvalue weighted by Gasteiger charge is -2.30. The van der Waals surface area contributed by atoms with E-state index >= 15 is 0 Å². The van der Waals surface area contributed by atoms with Crippen LogP contribution in [0.5, 0.6) is 0 Å². The highest BCUT2D eigenvalue weighted by Crippen LogP contribution is 2.17. The smallest absolute Gasteiger partial charge is 0.254 e. The van der Waals surface area contributed by atoms with Gasteiger partial charge < -0.3 is 20.4 Å². The van der Waals surface area contributed by atoms with E-state index in [1.54, 1.807) is 24.8 Å². The lowest BCUT2D eigenvalue weighted by Crippen LogP contribution is -2.42. The molecule has 1 saturated heterocycles. The molecule has 0 atom stereocenters. The van der Waals surface area contributed by atoms with Gasteiger partial charge in [0.1, 0.15) is 11.5 Å². The maximum atomic E-state index is 12.1. The van der Waals surface area contributed by atoms with Gasteiger partial charge in [0.2, 0.25) is 11.8 Å². The maximum absolute atomic E-state index is 12.1. The first kappa shape index (κ1) is 17.1. The van der Waals surface area contributed by atoms with Gasteiger partial charge in [-0.25, -0.2) is 0 Å². The molecule has 1 fully saturated rings. The van der Waals surface area contributed by atoms with Crippen molar-refractivity contribution in [1.82, 2.24) is 10.2 Å². The molecule has 0 spiro atoms. The number of nitrogens with one attached hydrogen (secondary N) is 1. The molecule has 7 heteroatoms. The number of nitrogens with zero attached hydrogens (tertiary/aromatic N) is 1. The van der Waals surface area contributed by atoms with E-state index in [1.165, 1.54) is 0 Å². The quantitative estimate of drug-likeness (QED) is 0.834. The predicted octanol–water partition coefficient (Wildman–Crippen LogP) is 0.740. The summed E-state index contributed by atoms with van der Waals surface area (Å²) in [5.74, 6) is 0.565. The minimum Gasteiger partial charge on any atom is -0.466 e. The molecule has 0 saturated carbocycles. The van der Waals surface area contributed by atoms with Crippen molar-refractivity contribution in [2.75, 3.05) is 19.6 Å². The van der Waals surface area contributed by atoms with E-state index in [0.717, 1.165) is 0 Å². The summed E-state index contributed by atoms with van der Waals surface area (Å²) in [7, 11) is 0. The Labute approximate surface area is 135 Å². The number of rotatable bonds is 5. The zero-order chi connectivity index (χ0) is 17.0. The second kappa shape index (κ2) is 7.30. The predicted molar refractivity (Wildman–Crippen MR) is 83.6 cm³/mol. The zero-order valence-corrected chi connectivity index (χ0v) is 13.6. The Kier molecular flexibility index (Phi) is 5.41. The van der Waals surface area contributed by atoms with Crippen LogP contribution in [0.4, 0.5) is 0 Å². The van der Waals surface area contributed by atoms with Crippen LogP contribution in [0.1, 0.15) is 41.1 Å². The second-order valence-electron chi connectivity index (χ2n) is 5.89. The van der Waals surface area contributed by atoms with Gasteiger partial charge in [0.15, 0.2) is 0 Å². The van der Waals surface area contributed by atoms with Crippen LogP contribution in [-0.2, 0) is 9.59 Å². The van der Waals surface area contributed by atoms with Gasteiger partial charge in [0.25, 0.3) is 5.91 Å². The Morgan fingerprint density at radius 1 is 1.30 bits per heavy atom. The number of primary amides is 1. The Balaban J connectivity index is 1.74. The molecule has 3 N–H and O–H groups in total. The van der Waals surface area contributed by atoms with Crippen molar-refractivity contribution in [3.8, 4) is 0 Å². The van der Waals surface area contributed by atoms with Crippen molar-refractivity contribution in [3.05, 3.63) is 23.2 Å². The van der Waals surface area contributed by atoms with Gasteiger partial charge >= 0.3 is 0 Å². The molecular formula is C16H23N3O4. The van der Waals surface area contributed by atoms with Gasteiger partial charge in [0, 0.05) is 32.0 Å². The first-order valence-electron chi connectivity index (χ1n) is 7.80. The van der Waals surface area contributed by atoms with E-state index in [2.05, 4.69) is 5.32 Å². The lowest BCUT2D eigenvalue weighted by atomic mass is 9.96. The minimum atomic E-state index is -0.296. The number of likely N-dealkylation sites (tertiary alicyclic amines) is 1. The van der Waals surface area contributed by atoms with Gasteiger partial charge in [-0.2, -0.15) is 0 Å². The highest BCUT2D eigenvalue weighted by Gasteiger charge is 2.25. The third-order valence-corrected chi connectivity index (χ3v) is 4.16. The number of nitrogens with two attached hydrogens (primary N) is 1. The van der Waals surface area contributed by atoms with Crippen LogP contribution in [0.3, 0.4) is 0 Å². The van der Waals surface area contributed by atoms with E-state index in [-0.39, 0.29) is 36.6 Å². The van der Waals surface area contributed by atoms with E-state index < -0.39 is 0 Å². The van der Waals surface area contributed by atoms with Crippen molar-refractivity contribution in [2.24, 2.45) is 11.7 Å². The maximum Gasteiger partial charge on any atom is 0.254 e. The van der Waals surface area contributed by atoms with Crippen LogP contribution in [0.15, 0.2) is 10.5 Å². The fraction of sp³-hybridized carbons (Fsp3) is 0.562. The number of amides is 3. The number of carbonyl (C=O) groups is 3. The van der Waals surface area contributed by atoms with Crippen molar-refractivity contribution < 1.29 is 18.8 Å². The fourth-order valence-electron chi connectivity index (χ4n) is 2.81. The highest BCUT2D eigenvalue weighted by molar-refractivity contribution is 5.95. The molecule has 1 aromatic heterocycles. The van der Waals surface area contributed by atoms with Crippen LogP contribution in [0, 0.1) is 19.8 Å². The number of hydrogen-bond acceptors (Lipinski definition) is 4. The van der Waals surface area contributed by atoms with E-state index in [1.807, 2.05) is 0 Å². The second-order valence-corrected chi connectivity index (χ2v) is 5.89. The fourth-order valence-corrected chi connectivity index (χ4v) is 2.81. The normalized spacial score (nSPS) is 15.5. The molecule has 3 amide bonds. The van der Waals surface area contributed by atoms with Gasteiger partial charge in [-0.1, -0.05) is 0 Å². The topological polar surface area (TPSA) is 106 Å². The summed E-state index contributed by atoms with van der Waals surface area (Å²) in [5.41, 5.74) is 5.77. The van der Waals surface area contributed by atoms with E-state index in [4.69, 9.17) is 10.2 Å². The number of piperidine rings is 1. The van der Waals surface area contributed by atoms with Crippen LogP contribution in [-0.4, -0.2) is 42.3 Å².